The lowest BCUT2D eigenvalue weighted by Gasteiger charge is -2.11. The normalized spacial score (nSPS) is 10.2. The Bertz CT molecular complexity index is 658. The quantitative estimate of drug-likeness (QED) is 0.844. The number of rotatable bonds is 4. The molecule has 2 N–H and O–H groups in total. The number of aryl methyl sites for hydroxylation is 1. The molecule has 7 nitrogen and oxygen atoms in total. The van der Waals surface area contributed by atoms with Gasteiger partial charge in [-0.2, -0.15) is 15.0 Å². The van der Waals surface area contributed by atoms with Gasteiger partial charge in [0.15, 0.2) is 12.4 Å². The van der Waals surface area contributed by atoms with Crippen LogP contribution in [0.2, 0.25) is 0 Å². The van der Waals surface area contributed by atoms with Crippen molar-refractivity contribution in [2.75, 3.05) is 24.7 Å². The molecule has 1 heterocycles. The van der Waals surface area contributed by atoms with Crippen molar-refractivity contribution in [2.24, 2.45) is 0 Å². The summed E-state index contributed by atoms with van der Waals surface area (Å²) in [7, 11) is 3.58. The van der Waals surface area contributed by atoms with Gasteiger partial charge in [0.25, 0.3) is 0 Å². The maximum absolute atomic E-state index is 12.0. The van der Waals surface area contributed by atoms with Crippen LogP contribution in [0.25, 0.3) is 0 Å². The van der Waals surface area contributed by atoms with Crippen molar-refractivity contribution in [2.45, 2.75) is 13.5 Å². The molecular weight excluding hydrogens is 270 g/mol. The molecule has 2 rings (SSSR count). The second-order valence-electron chi connectivity index (χ2n) is 4.70. The van der Waals surface area contributed by atoms with Crippen LogP contribution in [0.3, 0.4) is 0 Å². The van der Waals surface area contributed by atoms with Crippen LogP contribution in [0, 0.1) is 6.92 Å². The fraction of sp³-hybridized carbons (Fsp3) is 0.286. The van der Waals surface area contributed by atoms with E-state index in [9.17, 15) is 4.79 Å². The van der Waals surface area contributed by atoms with Gasteiger partial charge in [-0.25, -0.2) is 4.79 Å². The summed E-state index contributed by atoms with van der Waals surface area (Å²) in [5, 5.41) is 0. The van der Waals surface area contributed by atoms with Crippen LogP contribution >= 0.6 is 0 Å². The van der Waals surface area contributed by atoms with E-state index in [0.29, 0.717) is 17.3 Å². The van der Waals surface area contributed by atoms with E-state index in [1.807, 2.05) is 19.1 Å². The van der Waals surface area contributed by atoms with Crippen LogP contribution in [0.4, 0.5) is 11.9 Å². The maximum atomic E-state index is 12.0. The predicted molar refractivity (Wildman–Crippen MR) is 78.9 cm³/mol. The van der Waals surface area contributed by atoms with Gasteiger partial charge in [-0.1, -0.05) is 18.2 Å². The van der Waals surface area contributed by atoms with Gasteiger partial charge in [0.1, 0.15) is 0 Å². The van der Waals surface area contributed by atoms with E-state index in [0.717, 1.165) is 5.56 Å². The Morgan fingerprint density at radius 1 is 1.24 bits per heavy atom. The lowest BCUT2D eigenvalue weighted by atomic mass is 10.1. The summed E-state index contributed by atoms with van der Waals surface area (Å²) in [6, 6.07) is 7.21. The Morgan fingerprint density at radius 3 is 2.62 bits per heavy atom. The van der Waals surface area contributed by atoms with Gasteiger partial charge < -0.3 is 15.4 Å². The van der Waals surface area contributed by atoms with Crippen LogP contribution in [0.1, 0.15) is 21.7 Å². The molecular formula is C14H17N5O2. The Hall–Kier alpha value is -2.70. The number of benzene rings is 1. The third-order valence-corrected chi connectivity index (χ3v) is 2.78. The number of nitrogen functional groups attached to an aromatic ring is 1. The minimum Gasteiger partial charge on any atom is -0.454 e. The Labute approximate surface area is 122 Å². The molecule has 0 unspecified atom stereocenters. The van der Waals surface area contributed by atoms with Gasteiger partial charge in [0, 0.05) is 14.1 Å². The molecule has 0 atom stereocenters. The molecule has 1 aromatic carbocycles. The summed E-state index contributed by atoms with van der Waals surface area (Å²) < 4.78 is 5.22. The number of hydrogen-bond donors (Lipinski definition) is 1. The van der Waals surface area contributed by atoms with Crippen LogP contribution in [0.5, 0.6) is 0 Å². The zero-order chi connectivity index (χ0) is 15.4. The molecule has 0 bridgehead atoms. The zero-order valence-corrected chi connectivity index (χ0v) is 12.2. The second kappa shape index (κ2) is 6.17. The highest BCUT2D eigenvalue weighted by atomic mass is 16.5. The highest BCUT2D eigenvalue weighted by Crippen LogP contribution is 2.11. The fourth-order valence-electron chi connectivity index (χ4n) is 1.70. The Balaban J connectivity index is 2.10. The molecule has 0 aliphatic rings. The van der Waals surface area contributed by atoms with Gasteiger partial charge in [0.05, 0.1) is 5.56 Å². The van der Waals surface area contributed by atoms with Crippen LogP contribution < -0.4 is 10.6 Å². The van der Waals surface area contributed by atoms with Crippen molar-refractivity contribution in [1.29, 1.82) is 0 Å². The van der Waals surface area contributed by atoms with E-state index in [-0.39, 0.29) is 12.6 Å². The lowest BCUT2D eigenvalue weighted by Crippen LogP contribution is -2.17. The summed E-state index contributed by atoms with van der Waals surface area (Å²) in [5.74, 6) is 0.409. The molecule has 0 amide bonds. The minimum absolute atomic E-state index is 0.0548. The van der Waals surface area contributed by atoms with E-state index in [4.69, 9.17) is 10.5 Å². The van der Waals surface area contributed by atoms with E-state index in [2.05, 4.69) is 15.0 Å². The first-order chi connectivity index (χ1) is 9.97. The number of aromatic nitrogens is 3. The monoisotopic (exact) mass is 287 g/mol. The molecule has 2 aromatic rings. The summed E-state index contributed by atoms with van der Waals surface area (Å²) >= 11 is 0. The number of carbonyl (C=O) groups is 1. The SMILES string of the molecule is Cc1ccccc1C(=O)OCc1nc(N)nc(N(C)C)n1. The van der Waals surface area contributed by atoms with Gasteiger partial charge in [-0.3, -0.25) is 0 Å². The number of anilines is 2. The van der Waals surface area contributed by atoms with Crippen molar-refractivity contribution < 1.29 is 9.53 Å². The van der Waals surface area contributed by atoms with Gasteiger partial charge in [-0.15, -0.1) is 0 Å². The number of nitrogens with two attached hydrogens (primary N) is 1. The minimum atomic E-state index is -0.418. The number of ether oxygens (including phenoxy) is 1. The first-order valence-electron chi connectivity index (χ1n) is 6.38. The summed E-state index contributed by atoms with van der Waals surface area (Å²) in [6.07, 6.45) is 0. The first kappa shape index (κ1) is 14.7. The molecule has 110 valence electrons. The largest absolute Gasteiger partial charge is 0.454 e. The van der Waals surface area contributed by atoms with E-state index in [1.165, 1.54) is 0 Å². The second-order valence-corrected chi connectivity index (χ2v) is 4.70. The maximum Gasteiger partial charge on any atom is 0.338 e. The van der Waals surface area contributed by atoms with E-state index in [1.54, 1.807) is 31.1 Å². The van der Waals surface area contributed by atoms with Crippen molar-refractivity contribution in [1.82, 2.24) is 15.0 Å². The third-order valence-electron chi connectivity index (χ3n) is 2.78. The molecule has 0 spiro atoms. The standard InChI is InChI=1S/C14H17N5O2/c1-9-6-4-5-7-10(9)12(20)21-8-11-16-13(15)18-14(17-11)19(2)3/h4-7H,8H2,1-3H3,(H2,15,16,17,18). The van der Waals surface area contributed by atoms with E-state index >= 15 is 0 Å². The van der Waals surface area contributed by atoms with Crippen LogP contribution in [-0.2, 0) is 11.3 Å². The third kappa shape index (κ3) is 3.65. The number of hydrogen-bond acceptors (Lipinski definition) is 7. The van der Waals surface area contributed by atoms with Crippen molar-refractivity contribution in [3.8, 4) is 0 Å². The van der Waals surface area contributed by atoms with Crippen LogP contribution in [0.15, 0.2) is 24.3 Å². The summed E-state index contributed by atoms with van der Waals surface area (Å²) in [6.45, 7) is 1.79. The first-order valence-corrected chi connectivity index (χ1v) is 6.38. The lowest BCUT2D eigenvalue weighted by molar-refractivity contribution is 0.0461. The summed E-state index contributed by atoms with van der Waals surface area (Å²) in [5.41, 5.74) is 6.98. The van der Waals surface area contributed by atoms with Gasteiger partial charge in [0.2, 0.25) is 11.9 Å². The molecule has 0 saturated carbocycles. The Morgan fingerprint density at radius 2 is 1.95 bits per heavy atom. The fourth-order valence-corrected chi connectivity index (χ4v) is 1.70. The predicted octanol–water partition coefficient (Wildman–Crippen LogP) is 1.19. The van der Waals surface area contributed by atoms with Crippen LogP contribution in [-0.4, -0.2) is 35.0 Å². The average Bonchev–Trinajstić information content (AvgIpc) is 2.44. The zero-order valence-electron chi connectivity index (χ0n) is 12.2. The van der Waals surface area contributed by atoms with E-state index < -0.39 is 5.97 Å². The molecule has 0 aliphatic heterocycles. The molecule has 7 heteroatoms. The van der Waals surface area contributed by atoms with Gasteiger partial charge in [-0.05, 0) is 18.6 Å². The van der Waals surface area contributed by atoms with Crippen molar-refractivity contribution in [3.63, 3.8) is 0 Å². The van der Waals surface area contributed by atoms with Crippen molar-refractivity contribution >= 4 is 17.9 Å². The van der Waals surface area contributed by atoms with Crippen molar-refractivity contribution in [3.05, 3.63) is 41.2 Å². The Kier molecular flexibility index (Phi) is 4.32. The molecule has 0 radical (unpaired) electrons. The smallest absolute Gasteiger partial charge is 0.338 e. The molecule has 0 saturated heterocycles. The highest BCUT2D eigenvalue weighted by Gasteiger charge is 2.12. The number of nitrogens with zero attached hydrogens (tertiary/aromatic N) is 4. The summed E-state index contributed by atoms with van der Waals surface area (Å²) in [4.78, 5) is 25.8. The number of esters is 1. The molecule has 0 fully saturated rings. The molecule has 0 aliphatic carbocycles. The number of carbonyl (C=O) groups excluding carboxylic acids is 1. The topological polar surface area (TPSA) is 94.2 Å². The highest BCUT2D eigenvalue weighted by molar-refractivity contribution is 5.90. The molecule has 21 heavy (non-hydrogen) atoms. The molecule has 1 aromatic heterocycles. The average molecular weight is 287 g/mol. The van der Waals surface area contributed by atoms with Gasteiger partial charge >= 0.3 is 5.97 Å².